The molecule has 0 saturated carbocycles. The van der Waals surface area contributed by atoms with Crippen molar-refractivity contribution >= 4 is 0 Å². The molecule has 0 spiro atoms. The van der Waals surface area contributed by atoms with Gasteiger partial charge in [-0.15, -0.1) is 0 Å². The van der Waals surface area contributed by atoms with E-state index in [9.17, 15) is 4.39 Å². The summed E-state index contributed by atoms with van der Waals surface area (Å²) in [5, 5.41) is 3.37. The molecule has 2 aromatic carbocycles. The Kier molecular flexibility index (Phi) is 4.11. The van der Waals surface area contributed by atoms with E-state index in [4.69, 9.17) is 0 Å². The quantitative estimate of drug-likeness (QED) is 0.856. The van der Waals surface area contributed by atoms with Crippen LogP contribution in [0.2, 0.25) is 0 Å². The Morgan fingerprint density at radius 1 is 0.944 bits per heavy atom. The monoisotopic (exact) mass is 243 g/mol. The van der Waals surface area contributed by atoms with Gasteiger partial charge in [0.25, 0.3) is 0 Å². The van der Waals surface area contributed by atoms with Gasteiger partial charge in [0, 0.05) is 18.2 Å². The molecule has 2 aromatic rings. The maximum atomic E-state index is 13.8. The van der Waals surface area contributed by atoms with E-state index in [1.807, 2.05) is 36.4 Å². The molecule has 94 valence electrons. The Morgan fingerprint density at radius 2 is 1.56 bits per heavy atom. The second kappa shape index (κ2) is 5.78. The first-order chi connectivity index (χ1) is 8.68. The van der Waals surface area contributed by atoms with Gasteiger partial charge in [-0.05, 0) is 17.2 Å². The summed E-state index contributed by atoms with van der Waals surface area (Å²) in [6.45, 7) is 4.96. The molecule has 0 aliphatic carbocycles. The normalized spacial score (nSPS) is 10.9. The van der Waals surface area contributed by atoms with Crippen LogP contribution in [-0.2, 0) is 6.54 Å². The molecule has 0 aliphatic heterocycles. The summed E-state index contributed by atoms with van der Waals surface area (Å²) in [5.41, 5.74) is 2.75. The third kappa shape index (κ3) is 2.96. The Hall–Kier alpha value is -1.67. The van der Waals surface area contributed by atoms with Crippen molar-refractivity contribution in [1.82, 2.24) is 5.32 Å². The predicted molar refractivity (Wildman–Crippen MR) is 73.8 cm³/mol. The van der Waals surface area contributed by atoms with E-state index in [-0.39, 0.29) is 5.82 Å². The number of benzene rings is 2. The lowest BCUT2D eigenvalue weighted by Crippen LogP contribution is -2.22. The van der Waals surface area contributed by atoms with E-state index >= 15 is 0 Å². The largest absolute Gasteiger partial charge is 0.310 e. The summed E-state index contributed by atoms with van der Waals surface area (Å²) in [6, 6.07) is 15.3. The maximum Gasteiger partial charge on any atom is 0.131 e. The van der Waals surface area contributed by atoms with Crippen LogP contribution in [0.1, 0.15) is 19.4 Å². The van der Waals surface area contributed by atoms with Crippen molar-refractivity contribution in [2.45, 2.75) is 26.4 Å². The molecule has 0 atom stereocenters. The lowest BCUT2D eigenvalue weighted by molar-refractivity contribution is 0.589. The minimum atomic E-state index is -0.172. The third-order valence-corrected chi connectivity index (χ3v) is 2.88. The van der Waals surface area contributed by atoms with Gasteiger partial charge in [-0.25, -0.2) is 4.39 Å². The van der Waals surface area contributed by atoms with Gasteiger partial charge < -0.3 is 5.32 Å². The SMILES string of the molecule is CC(C)NCc1ccccc1-c1ccccc1F. The molecule has 0 radical (unpaired) electrons. The Morgan fingerprint density at radius 3 is 2.22 bits per heavy atom. The van der Waals surface area contributed by atoms with E-state index in [1.165, 1.54) is 6.07 Å². The average molecular weight is 243 g/mol. The van der Waals surface area contributed by atoms with Crippen molar-refractivity contribution < 1.29 is 4.39 Å². The zero-order valence-corrected chi connectivity index (χ0v) is 10.8. The Labute approximate surface area is 108 Å². The van der Waals surface area contributed by atoms with Crippen molar-refractivity contribution in [3.63, 3.8) is 0 Å². The summed E-state index contributed by atoms with van der Waals surface area (Å²) in [4.78, 5) is 0. The first-order valence-corrected chi connectivity index (χ1v) is 6.24. The van der Waals surface area contributed by atoms with Crippen LogP contribution < -0.4 is 5.32 Å². The van der Waals surface area contributed by atoms with Crippen molar-refractivity contribution in [3.05, 3.63) is 59.9 Å². The number of hydrogen-bond donors (Lipinski definition) is 1. The van der Waals surface area contributed by atoms with Gasteiger partial charge in [-0.1, -0.05) is 56.3 Å². The lowest BCUT2D eigenvalue weighted by Gasteiger charge is -2.13. The molecular weight excluding hydrogens is 225 g/mol. The fraction of sp³-hybridized carbons (Fsp3) is 0.250. The molecule has 1 N–H and O–H groups in total. The fourth-order valence-corrected chi connectivity index (χ4v) is 1.93. The van der Waals surface area contributed by atoms with Crippen LogP contribution in [0.25, 0.3) is 11.1 Å². The molecule has 0 saturated heterocycles. The van der Waals surface area contributed by atoms with Crippen LogP contribution in [0.5, 0.6) is 0 Å². The highest BCUT2D eigenvalue weighted by molar-refractivity contribution is 5.67. The van der Waals surface area contributed by atoms with Crippen molar-refractivity contribution in [1.29, 1.82) is 0 Å². The molecule has 0 bridgehead atoms. The minimum Gasteiger partial charge on any atom is -0.310 e. The fourth-order valence-electron chi connectivity index (χ4n) is 1.93. The van der Waals surface area contributed by atoms with Gasteiger partial charge in [-0.3, -0.25) is 0 Å². The molecule has 18 heavy (non-hydrogen) atoms. The van der Waals surface area contributed by atoms with Crippen LogP contribution in [-0.4, -0.2) is 6.04 Å². The molecule has 2 rings (SSSR count). The summed E-state index contributed by atoms with van der Waals surface area (Å²) < 4.78 is 13.8. The van der Waals surface area contributed by atoms with Crippen LogP contribution in [0.3, 0.4) is 0 Å². The minimum absolute atomic E-state index is 0.172. The number of hydrogen-bond acceptors (Lipinski definition) is 1. The molecule has 0 aromatic heterocycles. The van der Waals surface area contributed by atoms with Gasteiger partial charge in [-0.2, -0.15) is 0 Å². The van der Waals surface area contributed by atoms with E-state index in [0.717, 1.165) is 17.7 Å². The second-order valence-electron chi connectivity index (χ2n) is 4.67. The van der Waals surface area contributed by atoms with Crippen molar-refractivity contribution in [2.75, 3.05) is 0 Å². The molecule has 2 heteroatoms. The van der Waals surface area contributed by atoms with Crippen LogP contribution >= 0.6 is 0 Å². The maximum absolute atomic E-state index is 13.8. The zero-order valence-electron chi connectivity index (χ0n) is 10.8. The smallest absolute Gasteiger partial charge is 0.131 e. The van der Waals surface area contributed by atoms with Crippen molar-refractivity contribution in [2.24, 2.45) is 0 Å². The molecular formula is C16H18FN. The van der Waals surface area contributed by atoms with Gasteiger partial charge in [0.15, 0.2) is 0 Å². The lowest BCUT2D eigenvalue weighted by atomic mass is 9.99. The first kappa shape index (κ1) is 12.8. The standard InChI is InChI=1S/C16H18FN/c1-12(2)18-11-13-7-3-4-8-14(13)15-9-5-6-10-16(15)17/h3-10,12,18H,11H2,1-2H3. The van der Waals surface area contributed by atoms with Crippen molar-refractivity contribution in [3.8, 4) is 11.1 Å². The second-order valence-corrected chi connectivity index (χ2v) is 4.67. The zero-order chi connectivity index (χ0) is 13.0. The van der Waals surface area contributed by atoms with Crippen LogP contribution in [0, 0.1) is 5.82 Å². The van der Waals surface area contributed by atoms with E-state index < -0.39 is 0 Å². The van der Waals surface area contributed by atoms with E-state index in [1.54, 1.807) is 6.07 Å². The highest BCUT2D eigenvalue weighted by Crippen LogP contribution is 2.26. The van der Waals surface area contributed by atoms with E-state index in [2.05, 4.69) is 19.2 Å². The average Bonchev–Trinajstić information content (AvgIpc) is 2.37. The summed E-state index contributed by atoms with van der Waals surface area (Å²) in [6.07, 6.45) is 0. The van der Waals surface area contributed by atoms with Gasteiger partial charge in [0.2, 0.25) is 0 Å². The molecule has 0 heterocycles. The van der Waals surface area contributed by atoms with Gasteiger partial charge in [0.1, 0.15) is 5.82 Å². The first-order valence-electron chi connectivity index (χ1n) is 6.24. The Balaban J connectivity index is 2.36. The predicted octanol–water partition coefficient (Wildman–Crippen LogP) is 3.99. The molecule has 1 nitrogen and oxygen atoms in total. The topological polar surface area (TPSA) is 12.0 Å². The van der Waals surface area contributed by atoms with Gasteiger partial charge in [0.05, 0.1) is 0 Å². The molecule has 0 unspecified atom stereocenters. The summed E-state index contributed by atoms with van der Waals surface area (Å²) in [5.74, 6) is -0.172. The summed E-state index contributed by atoms with van der Waals surface area (Å²) >= 11 is 0. The Bertz CT molecular complexity index is 520. The number of halogens is 1. The van der Waals surface area contributed by atoms with E-state index in [0.29, 0.717) is 11.6 Å². The van der Waals surface area contributed by atoms with Gasteiger partial charge >= 0.3 is 0 Å². The number of nitrogens with one attached hydrogen (secondary N) is 1. The molecule has 0 fully saturated rings. The molecule has 0 aliphatic rings. The summed E-state index contributed by atoms with van der Waals surface area (Å²) in [7, 11) is 0. The number of rotatable bonds is 4. The highest BCUT2D eigenvalue weighted by Gasteiger charge is 2.08. The highest BCUT2D eigenvalue weighted by atomic mass is 19.1. The molecule has 0 amide bonds. The third-order valence-electron chi connectivity index (χ3n) is 2.88. The van der Waals surface area contributed by atoms with Crippen LogP contribution in [0.4, 0.5) is 4.39 Å². The van der Waals surface area contributed by atoms with Crippen LogP contribution in [0.15, 0.2) is 48.5 Å².